The first-order chi connectivity index (χ1) is 11.1. The van der Waals surface area contributed by atoms with Gasteiger partial charge in [-0.2, -0.15) is 0 Å². The van der Waals surface area contributed by atoms with Crippen molar-refractivity contribution in [3.63, 3.8) is 0 Å². The zero-order chi connectivity index (χ0) is 16.7. The maximum atomic E-state index is 12.4. The number of rotatable bonds is 7. The number of carbonyl (C=O) groups is 1. The predicted molar refractivity (Wildman–Crippen MR) is 98.1 cm³/mol. The molecule has 120 valence electrons. The summed E-state index contributed by atoms with van der Waals surface area (Å²) in [6, 6.07) is 15.0. The Morgan fingerprint density at radius 3 is 2.61 bits per heavy atom. The van der Waals surface area contributed by atoms with Crippen LogP contribution in [-0.4, -0.2) is 17.5 Å². The maximum absolute atomic E-state index is 12.4. The highest BCUT2D eigenvalue weighted by atomic mass is 32.2. The SMILES string of the molecule is C=C(C)COc1ccccc1C(=O)SCCc1ccccc1N. The summed E-state index contributed by atoms with van der Waals surface area (Å²) in [5, 5.41) is 0.0109. The average Bonchev–Trinajstić information content (AvgIpc) is 2.55. The van der Waals surface area contributed by atoms with Crippen LogP contribution in [0.3, 0.4) is 0 Å². The third kappa shape index (κ3) is 5.18. The van der Waals surface area contributed by atoms with E-state index in [1.165, 1.54) is 11.8 Å². The van der Waals surface area contributed by atoms with Crippen LogP contribution in [0.5, 0.6) is 5.75 Å². The van der Waals surface area contributed by atoms with Crippen LogP contribution in [0.4, 0.5) is 5.69 Å². The number of thioether (sulfide) groups is 1. The van der Waals surface area contributed by atoms with E-state index in [0.29, 0.717) is 23.7 Å². The van der Waals surface area contributed by atoms with Crippen LogP contribution in [-0.2, 0) is 6.42 Å². The molecule has 0 aliphatic heterocycles. The Balaban J connectivity index is 1.95. The Labute approximate surface area is 141 Å². The van der Waals surface area contributed by atoms with Gasteiger partial charge in [0, 0.05) is 11.4 Å². The number of aryl methyl sites for hydroxylation is 1. The molecule has 2 aromatic carbocycles. The van der Waals surface area contributed by atoms with E-state index in [-0.39, 0.29) is 5.12 Å². The number of nitrogens with two attached hydrogens (primary N) is 1. The first-order valence-electron chi connectivity index (χ1n) is 7.44. The summed E-state index contributed by atoms with van der Waals surface area (Å²) in [7, 11) is 0. The monoisotopic (exact) mass is 327 g/mol. The highest BCUT2D eigenvalue weighted by Crippen LogP contribution is 2.24. The highest BCUT2D eigenvalue weighted by Gasteiger charge is 2.13. The predicted octanol–water partition coefficient (Wildman–Crippen LogP) is 4.34. The fraction of sp³-hybridized carbons (Fsp3) is 0.211. The molecule has 0 aliphatic carbocycles. The van der Waals surface area contributed by atoms with Crippen molar-refractivity contribution in [3.8, 4) is 5.75 Å². The molecule has 3 nitrogen and oxygen atoms in total. The third-order valence-corrected chi connectivity index (χ3v) is 4.13. The van der Waals surface area contributed by atoms with Gasteiger partial charge in [-0.05, 0) is 42.7 Å². The summed E-state index contributed by atoms with van der Waals surface area (Å²) < 4.78 is 5.65. The van der Waals surface area contributed by atoms with E-state index in [2.05, 4.69) is 6.58 Å². The number of hydrogen-bond donors (Lipinski definition) is 1. The summed E-state index contributed by atoms with van der Waals surface area (Å²) in [5.41, 5.74) is 9.27. The molecule has 2 rings (SSSR count). The van der Waals surface area contributed by atoms with Crippen molar-refractivity contribution >= 4 is 22.6 Å². The molecule has 0 aliphatic rings. The van der Waals surface area contributed by atoms with Crippen LogP contribution in [0, 0.1) is 0 Å². The first kappa shape index (κ1) is 17.2. The van der Waals surface area contributed by atoms with Crippen LogP contribution in [0.2, 0.25) is 0 Å². The molecule has 0 saturated carbocycles. The highest BCUT2D eigenvalue weighted by molar-refractivity contribution is 8.14. The molecule has 4 heteroatoms. The molecule has 0 radical (unpaired) electrons. The van der Waals surface area contributed by atoms with Crippen LogP contribution in [0.15, 0.2) is 60.7 Å². The molecular formula is C19H21NO2S. The van der Waals surface area contributed by atoms with Gasteiger partial charge in [0.1, 0.15) is 12.4 Å². The number of para-hydroxylation sites is 2. The molecule has 0 bridgehead atoms. The van der Waals surface area contributed by atoms with Crippen LogP contribution >= 0.6 is 11.8 Å². The van der Waals surface area contributed by atoms with Crippen molar-refractivity contribution in [1.29, 1.82) is 0 Å². The van der Waals surface area contributed by atoms with Crippen molar-refractivity contribution in [3.05, 3.63) is 71.8 Å². The van der Waals surface area contributed by atoms with E-state index in [1.807, 2.05) is 49.4 Å². The topological polar surface area (TPSA) is 52.3 Å². The van der Waals surface area contributed by atoms with Crippen LogP contribution in [0.1, 0.15) is 22.8 Å². The smallest absolute Gasteiger partial charge is 0.223 e. The lowest BCUT2D eigenvalue weighted by atomic mass is 10.1. The first-order valence-corrected chi connectivity index (χ1v) is 8.43. The van der Waals surface area contributed by atoms with E-state index in [9.17, 15) is 4.79 Å². The number of carbonyl (C=O) groups excluding carboxylic acids is 1. The zero-order valence-electron chi connectivity index (χ0n) is 13.2. The van der Waals surface area contributed by atoms with Crippen molar-refractivity contribution in [2.45, 2.75) is 13.3 Å². The van der Waals surface area contributed by atoms with Gasteiger partial charge in [-0.1, -0.05) is 48.7 Å². The van der Waals surface area contributed by atoms with Gasteiger partial charge in [0.15, 0.2) is 0 Å². The fourth-order valence-corrected chi connectivity index (χ4v) is 2.89. The molecule has 0 aromatic heterocycles. The Morgan fingerprint density at radius 2 is 1.87 bits per heavy atom. The summed E-state index contributed by atoms with van der Waals surface area (Å²) >= 11 is 1.28. The summed E-state index contributed by atoms with van der Waals surface area (Å²) in [4.78, 5) is 12.4. The lowest BCUT2D eigenvalue weighted by Gasteiger charge is -2.10. The minimum atomic E-state index is 0.0109. The van der Waals surface area contributed by atoms with Gasteiger partial charge >= 0.3 is 0 Å². The fourth-order valence-electron chi connectivity index (χ4n) is 2.06. The van der Waals surface area contributed by atoms with E-state index in [0.717, 1.165) is 23.2 Å². The normalized spacial score (nSPS) is 10.3. The summed E-state index contributed by atoms with van der Waals surface area (Å²) in [6.07, 6.45) is 0.762. The van der Waals surface area contributed by atoms with E-state index >= 15 is 0 Å². The third-order valence-electron chi connectivity index (χ3n) is 3.24. The van der Waals surface area contributed by atoms with Gasteiger partial charge < -0.3 is 10.5 Å². The molecular weight excluding hydrogens is 306 g/mol. The molecule has 0 heterocycles. The second-order valence-corrected chi connectivity index (χ2v) is 6.39. The number of benzene rings is 2. The molecule has 0 saturated heterocycles. The quantitative estimate of drug-likeness (QED) is 0.607. The molecule has 0 fully saturated rings. The molecule has 2 N–H and O–H groups in total. The molecule has 23 heavy (non-hydrogen) atoms. The Kier molecular flexibility index (Phi) is 6.29. The van der Waals surface area contributed by atoms with E-state index < -0.39 is 0 Å². The molecule has 0 spiro atoms. The second kappa shape index (κ2) is 8.44. The standard InChI is InChI=1S/C19H21NO2S/c1-14(2)13-22-18-10-6-4-8-16(18)19(21)23-12-11-15-7-3-5-9-17(15)20/h3-10H,1,11-13,20H2,2H3. The summed E-state index contributed by atoms with van der Waals surface area (Å²) in [5.74, 6) is 1.29. The van der Waals surface area contributed by atoms with Gasteiger partial charge in [0.25, 0.3) is 0 Å². The Bertz CT molecular complexity index is 697. The largest absolute Gasteiger partial charge is 0.488 e. The molecule has 0 atom stereocenters. The van der Waals surface area contributed by atoms with Crippen molar-refractivity contribution in [2.24, 2.45) is 0 Å². The summed E-state index contributed by atoms with van der Waals surface area (Å²) in [6.45, 7) is 6.11. The molecule has 0 unspecified atom stereocenters. The lowest BCUT2D eigenvalue weighted by Crippen LogP contribution is -2.04. The maximum Gasteiger partial charge on any atom is 0.223 e. The van der Waals surface area contributed by atoms with Crippen LogP contribution < -0.4 is 10.5 Å². The second-order valence-electron chi connectivity index (χ2n) is 5.33. The van der Waals surface area contributed by atoms with Gasteiger partial charge in [-0.3, -0.25) is 4.79 Å². The lowest BCUT2D eigenvalue weighted by molar-refractivity contribution is 0.108. The van der Waals surface area contributed by atoms with Crippen molar-refractivity contribution < 1.29 is 9.53 Å². The van der Waals surface area contributed by atoms with E-state index in [4.69, 9.17) is 10.5 Å². The van der Waals surface area contributed by atoms with Gasteiger partial charge in [-0.15, -0.1) is 0 Å². The van der Waals surface area contributed by atoms with E-state index in [1.54, 1.807) is 6.07 Å². The number of ether oxygens (including phenoxy) is 1. The number of anilines is 1. The van der Waals surface area contributed by atoms with Crippen molar-refractivity contribution in [1.82, 2.24) is 0 Å². The van der Waals surface area contributed by atoms with Gasteiger partial charge in [0.2, 0.25) is 5.12 Å². The van der Waals surface area contributed by atoms with Crippen molar-refractivity contribution in [2.75, 3.05) is 18.1 Å². The number of hydrogen-bond acceptors (Lipinski definition) is 4. The minimum absolute atomic E-state index is 0.0109. The Morgan fingerprint density at radius 1 is 1.17 bits per heavy atom. The minimum Gasteiger partial charge on any atom is -0.488 e. The molecule has 0 amide bonds. The average molecular weight is 327 g/mol. The zero-order valence-corrected chi connectivity index (χ0v) is 14.1. The molecule has 2 aromatic rings. The number of nitrogen functional groups attached to an aromatic ring is 1. The van der Waals surface area contributed by atoms with Gasteiger partial charge in [-0.25, -0.2) is 0 Å². The van der Waals surface area contributed by atoms with Crippen LogP contribution in [0.25, 0.3) is 0 Å². The Hall–Kier alpha value is -2.20. The van der Waals surface area contributed by atoms with Gasteiger partial charge in [0.05, 0.1) is 5.56 Å².